The number of halogens is 1. The summed E-state index contributed by atoms with van der Waals surface area (Å²) in [4.78, 5) is 32.8. The molecule has 2 N–H and O–H groups in total. The average Bonchev–Trinajstić information content (AvgIpc) is 3.03. The first-order chi connectivity index (χ1) is 15.3. The third-order valence-electron chi connectivity index (χ3n) is 5.60. The number of carbonyl (C=O) groups excluding carboxylic acids is 1. The highest BCUT2D eigenvalue weighted by atomic mass is 19.1. The minimum atomic E-state index is -0.847. The number of aromatic nitrogens is 2. The lowest BCUT2D eigenvalue weighted by atomic mass is 10.1. The first-order valence-corrected chi connectivity index (χ1v) is 11.1. The van der Waals surface area contributed by atoms with Gasteiger partial charge in [0.05, 0.1) is 18.8 Å². The Hall–Kier alpha value is -2.94. The van der Waals surface area contributed by atoms with Crippen molar-refractivity contribution in [2.75, 3.05) is 13.2 Å². The second kappa shape index (κ2) is 10.6. The molecule has 9 heteroatoms. The van der Waals surface area contributed by atoms with Crippen molar-refractivity contribution in [3.05, 3.63) is 44.8 Å². The average molecular weight is 447 g/mol. The summed E-state index contributed by atoms with van der Waals surface area (Å²) in [6.07, 6.45) is 3.80. The predicted octanol–water partition coefficient (Wildman–Crippen LogP) is 1.94. The number of hydrogen-bond acceptors (Lipinski definition) is 5. The standard InChI is InChI=1S/C23H31FN4O4/c1-4-5-6-7-12-27(16(3)29)20(30)9-8-13-32-21-17-14-28-15(2)22(31)26-23(28)25-19(17)11-10-18(21)24/h10-11,16,29H,2,4-9,12-14H2,1,3H3,(H,25,26,31). The fourth-order valence-electron chi connectivity index (χ4n) is 3.79. The molecule has 0 saturated carbocycles. The molecule has 1 aromatic carbocycles. The van der Waals surface area contributed by atoms with Crippen LogP contribution >= 0.6 is 0 Å². The quantitative estimate of drug-likeness (QED) is 0.347. The smallest absolute Gasteiger partial charge is 0.274 e. The maximum Gasteiger partial charge on any atom is 0.274 e. The molecule has 3 rings (SSSR count). The lowest BCUT2D eigenvalue weighted by Gasteiger charge is -2.25. The van der Waals surface area contributed by atoms with E-state index in [1.807, 2.05) is 0 Å². The van der Waals surface area contributed by atoms with E-state index in [1.54, 1.807) is 11.5 Å². The summed E-state index contributed by atoms with van der Waals surface area (Å²) in [5.41, 5.74) is 1.08. The zero-order valence-corrected chi connectivity index (χ0v) is 18.7. The van der Waals surface area contributed by atoms with E-state index in [2.05, 4.69) is 23.5 Å². The number of nitrogens with one attached hydrogen (secondary N) is 1. The number of ether oxygens (including phenoxy) is 1. The van der Waals surface area contributed by atoms with Gasteiger partial charge in [0, 0.05) is 18.5 Å². The highest BCUT2D eigenvalue weighted by molar-refractivity contribution is 5.76. The third-order valence-corrected chi connectivity index (χ3v) is 5.60. The van der Waals surface area contributed by atoms with E-state index in [9.17, 15) is 19.1 Å². The molecule has 0 saturated heterocycles. The maximum absolute atomic E-state index is 14.5. The van der Waals surface area contributed by atoms with Gasteiger partial charge in [-0.2, -0.15) is 0 Å². The molecule has 1 aliphatic rings. The summed E-state index contributed by atoms with van der Waals surface area (Å²) in [5.74, 6) is -0.612. The molecule has 2 heterocycles. The van der Waals surface area contributed by atoms with Crippen molar-refractivity contribution >= 4 is 18.2 Å². The SMILES string of the molecule is C=c1c(=O)[nH]c2n1Cc1c(ccc(F)c1OCCCC(=O)N(CCCCCC)C(C)O)N=2. The number of carbonyl (C=O) groups is 1. The van der Waals surface area contributed by atoms with Crippen LogP contribution < -0.4 is 21.3 Å². The molecule has 0 spiro atoms. The topological polar surface area (TPSA) is 99.9 Å². The van der Waals surface area contributed by atoms with Crippen LogP contribution in [0.3, 0.4) is 0 Å². The van der Waals surface area contributed by atoms with Crippen LogP contribution in [0.15, 0.2) is 21.9 Å². The van der Waals surface area contributed by atoms with Crippen LogP contribution in [0.25, 0.3) is 6.58 Å². The summed E-state index contributed by atoms with van der Waals surface area (Å²) in [7, 11) is 0. The number of rotatable bonds is 11. The lowest BCUT2D eigenvalue weighted by molar-refractivity contribution is -0.140. The molecule has 1 atom stereocenters. The Morgan fingerprint density at radius 1 is 1.38 bits per heavy atom. The first kappa shape index (κ1) is 23.7. The molecule has 2 aromatic rings. The van der Waals surface area contributed by atoms with Crippen LogP contribution in [0.5, 0.6) is 5.75 Å². The van der Waals surface area contributed by atoms with Gasteiger partial charge in [0.15, 0.2) is 11.6 Å². The molecule has 0 bridgehead atoms. The number of fused-ring (bicyclic) bond motifs is 2. The molecule has 1 unspecified atom stereocenters. The van der Waals surface area contributed by atoms with Crippen molar-refractivity contribution in [1.82, 2.24) is 14.5 Å². The van der Waals surface area contributed by atoms with Crippen molar-refractivity contribution < 1.29 is 19.0 Å². The van der Waals surface area contributed by atoms with Gasteiger partial charge < -0.3 is 19.3 Å². The summed E-state index contributed by atoms with van der Waals surface area (Å²) in [6, 6.07) is 2.81. The van der Waals surface area contributed by atoms with Gasteiger partial charge in [-0.3, -0.25) is 14.6 Å². The zero-order chi connectivity index (χ0) is 23.3. The number of benzene rings is 1. The summed E-state index contributed by atoms with van der Waals surface area (Å²) < 4.78 is 21.8. The van der Waals surface area contributed by atoms with Crippen LogP contribution in [-0.4, -0.2) is 44.8 Å². The molecule has 8 nitrogen and oxygen atoms in total. The van der Waals surface area contributed by atoms with Gasteiger partial charge in [-0.1, -0.05) is 32.8 Å². The molecule has 0 fully saturated rings. The number of H-pyrrole nitrogens is 1. The van der Waals surface area contributed by atoms with Crippen LogP contribution in [0.4, 0.5) is 10.1 Å². The van der Waals surface area contributed by atoms with E-state index in [1.165, 1.54) is 17.0 Å². The summed E-state index contributed by atoms with van der Waals surface area (Å²) in [6.45, 7) is 8.31. The largest absolute Gasteiger partial charge is 0.490 e. The van der Waals surface area contributed by atoms with Crippen LogP contribution in [-0.2, 0) is 11.3 Å². The maximum atomic E-state index is 14.5. The molecule has 1 aromatic heterocycles. The zero-order valence-electron chi connectivity index (χ0n) is 18.7. The molecule has 174 valence electrons. The van der Waals surface area contributed by atoms with E-state index >= 15 is 0 Å². The number of amides is 1. The first-order valence-electron chi connectivity index (χ1n) is 11.1. The van der Waals surface area contributed by atoms with E-state index in [0.29, 0.717) is 29.8 Å². The van der Waals surface area contributed by atoms with E-state index in [4.69, 9.17) is 4.74 Å². The fraction of sp³-hybridized carbons (Fsp3) is 0.522. The minimum Gasteiger partial charge on any atom is -0.490 e. The Labute approximate surface area is 186 Å². The Bertz CT molecular complexity index is 1120. The number of aromatic amines is 1. The van der Waals surface area contributed by atoms with E-state index < -0.39 is 12.0 Å². The lowest BCUT2D eigenvalue weighted by Crippen LogP contribution is -2.39. The van der Waals surface area contributed by atoms with Gasteiger partial charge >= 0.3 is 0 Å². The van der Waals surface area contributed by atoms with E-state index in [-0.39, 0.29) is 42.1 Å². The monoisotopic (exact) mass is 446 g/mol. The van der Waals surface area contributed by atoms with Gasteiger partial charge in [-0.25, -0.2) is 9.38 Å². The highest BCUT2D eigenvalue weighted by Crippen LogP contribution is 2.33. The molecular formula is C23H31FN4O4. The minimum absolute atomic E-state index is 0.0665. The van der Waals surface area contributed by atoms with Crippen molar-refractivity contribution in [2.45, 2.75) is 65.1 Å². The molecule has 1 aliphatic heterocycles. The summed E-state index contributed by atoms with van der Waals surface area (Å²) >= 11 is 0. The number of aliphatic hydroxyl groups is 1. The number of aliphatic hydroxyl groups excluding tert-OH is 1. The Morgan fingerprint density at radius 3 is 2.88 bits per heavy atom. The second-order valence-corrected chi connectivity index (χ2v) is 8.03. The second-order valence-electron chi connectivity index (χ2n) is 8.03. The Morgan fingerprint density at radius 2 is 2.16 bits per heavy atom. The third kappa shape index (κ3) is 5.27. The van der Waals surface area contributed by atoms with E-state index in [0.717, 1.165) is 25.7 Å². The van der Waals surface area contributed by atoms with Crippen molar-refractivity contribution in [1.29, 1.82) is 0 Å². The normalized spacial score (nSPS) is 13.1. The number of hydrogen-bond donors (Lipinski definition) is 2. The number of imidazole rings is 1. The van der Waals surface area contributed by atoms with Crippen molar-refractivity contribution in [3.63, 3.8) is 0 Å². The van der Waals surface area contributed by atoms with Crippen LogP contribution in [0.1, 0.15) is 57.9 Å². The molecule has 1 amide bonds. The molecular weight excluding hydrogens is 415 g/mol. The van der Waals surface area contributed by atoms with Gasteiger partial charge in [0.25, 0.3) is 5.56 Å². The highest BCUT2D eigenvalue weighted by Gasteiger charge is 2.21. The Kier molecular flexibility index (Phi) is 7.84. The molecule has 32 heavy (non-hydrogen) atoms. The fourth-order valence-corrected chi connectivity index (χ4v) is 3.79. The van der Waals surface area contributed by atoms with Crippen molar-refractivity contribution in [3.8, 4) is 5.75 Å². The van der Waals surface area contributed by atoms with Gasteiger partial charge in [0.1, 0.15) is 11.6 Å². The molecule has 0 aliphatic carbocycles. The van der Waals surface area contributed by atoms with Crippen LogP contribution in [0.2, 0.25) is 0 Å². The Balaban J connectivity index is 1.61. The predicted molar refractivity (Wildman–Crippen MR) is 119 cm³/mol. The van der Waals surface area contributed by atoms with Gasteiger partial charge in [-0.05, 0) is 31.9 Å². The van der Waals surface area contributed by atoms with Crippen LogP contribution in [0, 0.1) is 5.82 Å². The molecule has 0 radical (unpaired) electrons. The summed E-state index contributed by atoms with van der Waals surface area (Å²) in [5, 5.41) is 10.2. The van der Waals surface area contributed by atoms with Gasteiger partial charge in [-0.15, -0.1) is 0 Å². The van der Waals surface area contributed by atoms with Crippen molar-refractivity contribution in [2.24, 2.45) is 4.99 Å². The van der Waals surface area contributed by atoms with Gasteiger partial charge in [0.2, 0.25) is 11.5 Å². The number of nitrogens with zero attached hydrogens (tertiary/aromatic N) is 3. The number of unbranched alkanes of at least 4 members (excludes halogenated alkanes) is 3.